The number of carbonyl (C=O) groups excluding carboxylic acids is 3. The van der Waals surface area contributed by atoms with Crippen LogP contribution in [0.25, 0.3) is 0 Å². The van der Waals surface area contributed by atoms with E-state index in [0.29, 0.717) is 16.7 Å². The van der Waals surface area contributed by atoms with E-state index in [-0.39, 0.29) is 27.3 Å². The molecular formula is C21H12Cl2N2O3. The molecule has 3 amide bonds. The summed E-state index contributed by atoms with van der Waals surface area (Å²) < 4.78 is 0. The van der Waals surface area contributed by atoms with Crippen LogP contribution in [0.3, 0.4) is 0 Å². The van der Waals surface area contributed by atoms with Crippen molar-refractivity contribution in [3.63, 3.8) is 0 Å². The molecule has 138 valence electrons. The van der Waals surface area contributed by atoms with Gasteiger partial charge in [-0.05, 0) is 36.4 Å². The molecule has 28 heavy (non-hydrogen) atoms. The second kappa shape index (κ2) is 7.11. The minimum atomic E-state index is -0.481. The van der Waals surface area contributed by atoms with Gasteiger partial charge in [0, 0.05) is 5.56 Å². The quantitative estimate of drug-likeness (QED) is 0.614. The van der Waals surface area contributed by atoms with Gasteiger partial charge in [0.25, 0.3) is 17.7 Å². The number of carbonyl (C=O) groups is 3. The lowest BCUT2D eigenvalue weighted by Gasteiger charge is -2.18. The Morgan fingerprint density at radius 2 is 1.36 bits per heavy atom. The molecule has 7 heteroatoms. The first-order valence-electron chi connectivity index (χ1n) is 8.30. The molecular weight excluding hydrogens is 399 g/mol. The maximum atomic E-state index is 12.7. The van der Waals surface area contributed by atoms with E-state index in [9.17, 15) is 14.4 Å². The van der Waals surface area contributed by atoms with E-state index in [2.05, 4.69) is 5.32 Å². The minimum Gasteiger partial charge on any atom is -0.321 e. The molecule has 0 saturated carbocycles. The van der Waals surface area contributed by atoms with Crippen LogP contribution in [0.5, 0.6) is 0 Å². The van der Waals surface area contributed by atoms with Crippen LogP contribution in [-0.2, 0) is 0 Å². The lowest BCUT2D eigenvalue weighted by atomic mass is 10.1. The molecule has 1 aliphatic rings. The summed E-state index contributed by atoms with van der Waals surface area (Å²) in [7, 11) is 0. The van der Waals surface area contributed by atoms with Crippen molar-refractivity contribution in [3.8, 4) is 0 Å². The number of rotatable bonds is 3. The van der Waals surface area contributed by atoms with E-state index in [0.717, 1.165) is 4.90 Å². The Labute approximate surface area is 170 Å². The maximum absolute atomic E-state index is 12.7. The van der Waals surface area contributed by atoms with Crippen LogP contribution in [0.1, 0.15) is 31.1 Å². The van der Waals surface area contributed by atoms with Crippen molar-refractivity contribution in [3.05, 3.63) is 93.5 Å². The van der Waals surface area contributed by atoms with Gasteiger partial charge >= 0.3 is 0 Å². The molecule has 0 aliphatic carbocycles. The number of hydrogen-bond donors (Lipinski definition) is 1. The number of benzene rings is 3. The van der Waals surface area contributed by atoms with Crippen molar-refractivity contribution in [1.29, 1.82) is 0 Å². The van der Waals surface area contributed by atoms with Crippen LogP contribution < -0.4 is 10.2 Å². The fraction of sp³-hybridized carbons (Fsp3) is 0. The molecule has 3 aromatic rings. The van der Waals surface area contributed by atoms with Crippen molar-refractivity contribution in [2.45, 2.75) is 0 Å². The topological polar surface area (TPSA) is 66.5 Å². The zero-order chi connectivity index (χ0) is 19.8. The van der Waals surface area contributed by atoms with Gasteiger partial charge in [-0.15, -0.1) is 0 Å². The Hall–Kier alpha value is -3.15. The van der Waals surface area contributed by atoms with Crippen molar-refractivity contribution in [1.82, 2.24) is 0 Å². The lowest BCUT2D eigenvalue weighted by molar-refractivity contribution is 0.0925. The van der Waals surface area contributed by atoms with E-state index in [1.54, 1.807) is 54.6 Å². The first-order valence-corrected chi connectivity index (χ1v) is 9.06. The molecule has 0 spiro atoms. The summed E-state index contributed by atoms with van der Waals surface area (Å²) >= 11 is 12.5. The Balaban J connectivity index is 1.72. The van der Waals surface area contributed by atoms with Gasteiger partial charge in [0.05, 0.1) is 32.5 Å². The molecule has 0 aromatic heterocycles. The van der Waals surface area contributed by atoms with Crippen LogP contribution >= 0.6 is 23.2 Å². The van der Waals surface area contributed by atoms with Crippen LogP contribution in [0.15, 0.2) is 66.7 Å². The van der Waals surface area contributed by atoms with Crippen molar-refractivity contribution < 1.29 is 14.4 Å². The highest BCUT2D eigenvalue weighted by atomic mass is 35.5. The maximum Gasteiger partial charge on any atom is 0.266 e. The summed E-state index contributed by atoms with van der Waals surface area (Å²) in [5.41, 5.74) is 1.43. The molecule has 0 fully saturated rings. The third-order valence-electron chi connectivity index (χ3n) is 4.36. The Morgan fingerprint density at radius 3 is 1.96 bits per heavy atom. The highest BCUT2D eigenvalue weighted by Gasteiger charge is 2.37. The molecule has 0 bridgehead atoms. The lowest BCUT2D eigenvalue weighted by Crippen LogP contribution is -2.29. The van der Waals surface area contributed by atoms with Crippen molar-refractivity contribution in [2.75, 3.05) is 10.2 Å². The molecule has 0 saturated heterocycles. The average molecular weight is 411 g/mol. The predicted octanol–water partition coefficient (Wildman–Crippen LogP) is 5.05. The number of anilines is 2. The molecule has 1 aliphatic heterocycles. The minimum absolute atomic E-state index is 0.122. The SMILES string of the molecule is O=C(Nc1cc(N2C(=O)c3ccccc3C2=O)c(Cl)cc1Cl)c1ccccc1. The Bertz CT molecular complexity index is 1090. The summed E-state index contributed by atoms with van der Waals surface area (Å²) in [5, 5.41) is 3.00. The summed E-state index contributed by atoms with van der Waals surface area (Å²) in [6.07, 6.45) is 0. The monoisotopic (exact) mass is 410 g/mol. The number of amides is 3. The summed E-state index contributed by atoms with van der Waals surface area (Å²) in [6, 6.07) is 17.9. The fourth-order valence-electron chi connectivity index (χ4n) is 3.00. The summed E-state index contributed by atoms with van der Waals surface area (Å²) in [6.45, 7) is 0. The van der Waals surface area contributed by atoms with E-state index in [1.165, 1.54) is 12.1 Å². The highest BCUT2D eigenvalue weighted by molar-refractivity contribution is 6.42. The molecule has 4 rings (SSSR count). The van der Waals surface area contributed by atoms with E-state index >= 15 is 0 Å². The zero-order valence-corrected chi connectivity index (χ0v) is 15.8. The van der Waals surface area contributed by atoms with Crippen LogP contribution in [-0.4, -0.2) is 17.7 Å². The van der Waals surface area contributed by atoms with Gasteiger partial charge in [0.2, 0.25) is 0 Å². The molecule has 0 atom stereocenters. The molecule has 1 N–H and O–H groups in total. The van der Waals surface area contributed by atoms with Gasteiger partial charge < -0.3 is 5.32 Å². The standard InChI is InChI=1S/C21H12Cl2N2O3/c22-15-10-16(23)18(11-17(15)24-19(26)12-6-2-1-3-7-12)25-20(27)13-8-4-5-9-14(13)21(25)28/h1-11H,(H,24,26). The van der Waals surface area contributed by atoms with Gasteiger partial charge in [-0.2, -0.15) is 0 Å². The first-order chi connectivity index (χ1) is 13.5. The van der Waals surface area contributed by atoms with Crippen molar-refractivity contribution in [2.24, 2.45) is 0 Å². The fourth-order valence-corrected chi connectivity index (χ4v) is 3.51. The van der Waals surface area contributed by atoms with Gasteiger partial charge in [-0.25, -0.2) is 4.90 Å². The number of halogens is 2. The number of nitrogens with zero attached hydrogens (tertiary/aromatic N) is 1. The number of nitrogens with one attached hydrogen (secondary N) is 1. The average Bonchev–Trinajstić information content (AvgIpc) is 2.96. The van der Waals surface area contributed by atoms with E-state index in [1.807, 2.05) is 0 Å². The van der Waals surface area contributed by atoms with Crippen LogP contribution in [0.4, 0.5) is 11.4 Å². The summed E-state index contributed by atoms with van der Waals surface area (Å²) in [4.78, 5) is 38.9. The highest BCUT2D eigenvalue weighted by Crippen LogP contribution is 2.38. The molecule has 3 aromatic carbocycles. The Kier molecular flexibility index (Phi) is 4.63. The van der Waals surface area contributed by atoms with Crippen molar-refractivity contribution >= 4 is 52.3 Å². The second-order valence-electron chi connectivity index (χ2n) is 6.09. The molecule has 1 heterocycles. The zero-order valence-electron chi connectivity index (χ0n) is 14.3. The van der Waals surface area contributed by atoms with E-state index in [4.69, 9.17) is 23.2 Å². The van der Waals surface area contributed by atoms with Gasteiger partial charge in [0.15, 0.2) is 0 Å². The molecule has 0 unspecified atom stereocenters. The van der Waals surface area contributed by atoms with Gasteiger partial charge in [-0.1, -0.05) is 53.5 Å². The third-order valence-corrected chi connectivity index (χ3v) is 4.97. The molecule has 0 radical (unpaired) electrons. The van der Waals surface area contributed by atoms with Crippen LogP contribution in [0.2, 0.25) is 10.0 Å². The summed E-state index contributed by atoms with van der Waals surface area (Å²) in [5.74, 6) is -1.34. The molecule has 5 nitrogen and oxygen atoms in total. The van der Waals surface area contributed by atoms with Gasteiger partial charge in [0.1, 0.15) is 0 Å². The number of fused-ring (bicyclic) bond motifs is 1. The van der Waals surface area contributed by atoms with Crippen LogP contribution in [0, 0.1) is 0 Å². The predicted molar refractivity (Wildman–Crippen MR) is 108 cm³/mol. The number of imide groups is 1. The third kappa shape index (κ3) is 3.05. The van der Waals surface area contributed by atoms with E-state index < -0.39 is 11.8 Å². The number of hydrogen-bond acceptors (Lipinski definition) is 3. The largest absolute Gasteiger partial charge is 0.321 e. The normalized spacial score (nSPS) is 12.9. The smallest absolute Gasteiger partial charge is 0.266 e. The van der Waals surface area contributed by atoms with Gasteiger partial charge in [-0.3, -0.25) is 14.4 Å². The Morgan fingerprint density at radius 1 is 0.786 bits per heavy atom. The second-order valence-corrected chi connectivity index (χ2v) is 6.91. The first kappa shape index (κ1) is 18.2.